The van der Waals surface area contributed by atoms with Gasteiger partial charge in [-0.1, -0.05) is 38.1 Å². The van der Waals surface area contributed by atoms with Gasteiger partial charge in [-0.2, -0.15) is 0 Å². The van der Waals surface area contributed by atoms with E-state index in [-0.39, 0.29) is 6.04 Å². The first-order chi connectivity index (χ1) is 9.51. The predicted octanol–water partition coefficient (Wildman–Crippen LogP) is 3.63. The number of hydrazine groups is 1. The third-order valence-electron chi connectivity index (χ3n) is 3.54. The molecule has 0 aliphatic heterocycles. The van der Waals surface area contributed by atoms with Gasteiger partial charge in [0, 0.05) is 4.88 Å². The molecule has 0 fully saturated rings. The topological polar surface area (TPSA) is 50.9 Å². The molecule has 0 bridgehead atoms. The van der Waals surface area contributed by atoms with Crippen LogP contribution >= 0.6 is 11.3 Å². The van der Waals surface area contributed by atoms with Crippen molar-refractivity contribution in [1.82, 2.24) is 10.4 Å². The molecule has 0 aliphatic carbocycles. The molecule has 0 saturated carbocycles. The Hall–Kier alpha value is -1.23. The van der Waals surface area contributed by atoms with Crippen LogP contribution in [0.25, 0.3) is 0 Å². The van der Waals surface area contributed by atoms with Crippen molar-refractivity contribution in [3.05, 3.63) is 51.0 Å². The molecule has 0 saturated heterocycles. The van der Waals surface area contributed by atoms with Gasteiger partial charge in [-0.25, -0.2) is 4.98 Å². The highest BCUT2D eigenvalue weighted by Gasteiger charge is 2.16. The fraction of sp³-hybridized carbons (Fsp3) is 0.438. The maximum Gasteiger partial charge on any atom is 0.0900 e. The van der Waals surface area contributed by atoms with Crippen molar-refractivity contribution in [2.75, 3.05) is 0 Å². The molecule has 0 amide bonds. The van der Waals surface area contributed by atoms with Gasteiger partial charge < -0.3 is 0 Å². The van der Waals surface area contributed by atoms with Gasteiger partial charge in [-0.15, -0.1) is 11.3 Å². The molecule has 1 aromatic carbocycles. The van der Waals surface area contributed by atoms with Gasteiger partial charge in [0.25, 0.3) is 0 Å². The standard InChI is InChI=1S/C16H23N3S/c1-10(2)14-7-5-13(6-8-14)9-15(19-17)16-11(3)18-12(4)20-16/h5-8,10,15,19H,9,17H2,1-4H3. The molecule has 108 valence electrons. The Labute approximate surface area is 125 Å². The average molecular weight is 289 g/mol. The summed E-state index contributed by atoms with van der Waals surface area (Å²) >= 11 is 1.72. The average Bonchev–Trinajstić information content (AvgIpc) is 2.75. The van der Waals surface area contributed by atoms with Gasteiger partial charge in [-0.05, 0) is 37.3 Å². The highest BCUT2D eigenvalue weighted by atomic mass is 32.1. The molecule has 3 nitrogen and oxygen atoms in total. The second kappa shape index (κ2) is 6.48. The summed E-state index contributed by atoms with van der Waals surface area (Å²) in [7, 11) is 0. The second-order valence-electron chi connectivity index (χ2n) is 5.50. The molecule has 0 aliphatic rings. The van der Waals surface area contributed by atoms with Gasteiger partial charge in [0.2, 0.25) is 0 Å². The second-order valence-corrected chi connectivity index (χ2v) is 6.74. The molecular formula is C16H23N3S. The molecule has 2 aromatic rings. The first-order valence-corrected chi connectivity index (χ1v) is 7.81. The maximum atomic E-state index is 5.74. The minimum atomic E-state index is 0.131. The number of benzene rings is 1. The van der Waals surface area contributed by atoms with Crippen molar-refractivity contribution in [2.45, 2.75) is 46.1 Å². The van der Waals surface area contributed by atoms with E-state index in [4.69, 9.17) is 5.84 Å². The lowest BCUT2D eigenvalue weighted by atomic mass is 9.98. The van der Waals surface area contributed by atoms with Crippen LogP contribution in [0.3, 0.4) is 0 Å². The van der Waals surface area contributed by atoms with Gasteiger partial charge >= 0.3 is 0 Å². The summed E-state index contributed by atoms with van der Waals surface area (Å²) in [5.41, 5.74) is 6.67. The van der Waals surface area contributed by atoms with E-state index in [1.54, 1.807) is 11.3 Å². The number of thiazole rings is 1. The molecule has 2 rings (SSSR count). The van der Waals surface area contributed by atoms with Crippen molar-refractivity contribution < 1.29 is 0 Å². The Morgan fingerprint density at radius 3 is 2.30 bits per heavy atom. The molecule has 3 N–H and O–H groups in total. The Kier molecular flexibility index (Phi) is 4.91. The molecule has 1 aromatic heterocycles. The monoisotopic (exact) mass is 289 g/mol. The van der Waals surface area contributed by atoms with E-state index >= 15 is 0 Å². The number of rotatable bonds is 5. The Morgan fingerprint density at radius 1 is 1.20 bits per heavy atom. The number of hydrogen-bond donors (Lipinski definition) is 2. The van der Waals surface area contributed by atoms with E-state index in [1.165, 1.54) is 16.0 Å². The fourth-order valence-electron chi connectivity index (χ4n) is 2.37. The van der Waals surface area contributed by atoms with Crippen molar-refractivity contribution >= 4 is 11.3 Å². The Morgan fingerprint density at radius 2 is 1.85 bits per heavy atom. The molecule has 20 heavy (non-hydrogen) atoms. The first-order valence-electron chi connectivity index (χ1n) is 7.00. The van der Waals surface area contributed by atoms with Crippen molar-refractivity contribution in [3.8, 4) is 0 Å². The zero-order valence-corrected chi connectivity index (χ0v) is 13.4. The molecule has 1 unspecified atom stereocenters. The first kappa shape index (κ1) is 15.2. The van der Waals surface area contributed by atoms with E-state index < -0.39 is 0 Å². The molecule has 0 radical (unpaired) electrons. The Bertz CT molecular complexity index is 558. The van der Waals surface area contributed by atoms with Crippen molar-refractivity contribution in [2.24, 2.45) is 5.84 Å². The highest BCUT2D eigenvalue weighted by Crippen LogP contribution is 2.27. The predicted molar refractivity (Wildman–Crippen MR) is 85.9 cm³/mol. The third kappa shape index (κ3) is 3.45. The molecule has 1 atom stereocenters. The number of aromatic nitrogens is 1. The summed E-state index contributed by atoms with van der Waals surface area (Å²) in [6.07, 6.45) is 0.886. The maximum absolute atomic E-state index is 5.74. The lowest BCUT2D eigenvalue weighted by molar-refractivity contribution is 0.557. The van der Waals surface area contributed by atoms with E-state index in [2.05, 4.69) is 48.5 Å². The zero-order valence-electron chi connectivity index (χ0n) is 12.6. The van der Waals surface area contributed by atoms with Gasteiger partial charge in [0.1, 0.15) is 0 Å². The van der Waals surface area contributed by atoms with Gasteiger partial charge in [0.15, 0.2) is 0 Å². The minimum Gasteiger partial charge on any atom is -0.271 e. The van der Waals surface area contributed by atoms with E-state index in [0.717, 1.165) is 17.1 Å². The third-order valence-corrected chi connectivity index (χ3v) is 4.73. The van der Waals surface area contributed by atoms with Crippen LogP contribution in [0.4, 0.5) is 0 Å². The summed E-state index contributed by atoms with van der Waals surface area (Å²) in [4.78, 5) is 5.72. The zero-order chi connectivity index (χ0) is 14.7. The van der Waals surface area contributed by atoms with E-state index in [1.807, 2.05) is 13.8 Å². The van der Waals surface area contributed by atoms with Crippen molar-refractivity contribution in [3.63, 3.8) is 0 Å². The summed E-state index contributed by atoms with van der Waals surface area (Å²) in [5, 5.41) is 1.09. The number of hydrogen-bond acceptors (Lipinski definition) is 4. The fourth-order valence-corrected chi connectivity index (χ4v) is 3.36. The largest absolute Gasteiger partial charge is 0.271 e. The summed E-state index contributed by atoms with van der Waals surface area (Å²) < 4.78 is 0. The number of nitrogens with zero attached hydrogens (tertiary/aromatic N) is 1. The number of nitrogens with two attached hydrogens (primary N) is 1. The van der Waals surface area contributed by atoms with Crippen LogP contribution in [0, 0.1) is 13.8 Å². The van der Waals surface area contributed by atoms with Crippen LogP contribution in [0.15, 0.2) is 24.3 Å². The van der Waals surface area contributed by atoms with Crippen LogP contribution in [0.5, 0.6) is 0 Å². The smallest absolute Gasteiger partial charge is 0.0900 e. The van der Waals surface area contributed by atoms with Crippen LogP contribution in [0.1, 0.15) is 52.5 Å². The highest BCUT2D eigenvalue weighted by molar-refractivity contribution is 7.11. The van der Waals surface area contributed by atoms with E-state index in [9.17, 15) is 0 Å². The molecule has 0 spiro atoms. The Balaban J connectivity index is 2.16. The normalized spacial score (nSPS) is 12.9. The molecule has 4 heteroatoms. The number of aryl methyl sites for hydroxylation is 2. The van der Waals surface area contributed by atoms with Gasteiger partial charge in [-0.3, -0.25) is 11.3 Å². The molecular weight excluding hydrogens is 266 g/mol. The van der Waals surface area contributed by atoms with Crippen LogP contribution in [-0.4, -0.2) is 4.98 Å². The minimum absolute atomic E-state index is 0.131. The van der Waals surface area contributed by atoms with Crippen molar-refractivity contribution in [1.29, 1.82) is 0 Å². The summed E-state index contributed by atoms with van der Waals surface area (Å²) in [5.74, 6) is 6.31. The summed E-state index contributed by atoms with van der Waals surface area (Å²) in [6.45, 7) is 8.50. The van der Waals surface area contributed by atoms with Gasteiger partial charge in [0.05, 0.1) is 16.7 Å². The van der Waals surface area contributed by atoms with Crippen LogP contribution in [-0.2, 0) is 6.42 Å². The summed E-state index contributed by atoms with van der Waals surface area (Å²) in [6, 6.07) is 8.94. The lowest BCUT2D eigenvalue weighted by Gasteiger charge is -2.15. The van der Waals surface area contributed by atoms with E-state index in [0.29, 0.717) is 5.92 Å². The van der Waals surface area contributed by atoms with Crippen LogP contribution in [0.2, 0.25) is 0 Å². The quantitative estimate of drug-likeness (QED) is 0.653. The number of nitrogens with one attached hydrogen (secondary N) is 1. The molecule has 1 heterocycles. The SMILES string of the molecule is Cc1nc(C)c(C(Cc2ccc(C(C)C)cc2)NN)s1. The lowest BCUT2D eigenvalue weighted by Crippen LogP contribution is -2.29. The van der Waals surface area contributed by atoms with Crippen LogP contribution < -0.4 is 11.3 Å².